The molecule has 0 aliphatic carbocycles. The Morgan fingerprint density at radius 1 is 1.03 bits per heavy atom. The molecule has 146 valence electrons. The summed E-state index contributed by atoms with van der Waals surface area (Å²) in [5.74, 6) is -0.0470. The number of aromatic nitrogens is 1. The second kappa shape index (κ2) is 8.94. The number of nitrogens with zero attached hydrogens (tertiary/aromatic N) is 3. The van der Waals surface area contributed by atoms with Gasteiger partial charge in [0.05, 0.1) is 23.7 Å². The standard InChI is InChI=1S/C23H21N3O2S/c1-28-15-14-26-22(27)21(29-23(26)24-19-8-4-2-5-9-19)16-18-12-13-25(17-18)20-10-6-3-7-11-20/h2-13,16-17H,14-15H2,1H3/b21-16+,24-23?. The van der Waals surface area contributed by atoms with E-state index in [1.165, 1.54) is 11.8 Å². The molecule has 4 rings (SSSR count). The van der Waals surface area contributed by atoms with E-state index in [1.807, 2.05) is 89.8 Å². The van der Waals surface area contributed by atoms with Crippen LogP contribution in [0.4, 0.5) is 5.69 Å². The molecule has 0 N–H and O–H groups in total. The Kier molecular flexibility index (Phi) is 5.93. The fraction of sp³-hybridized carbons (Fsp3) is 0.130. The largest absolute Gasteiger partial charge is 0.383 e. The van der Waals surface area contributed by atoms with Crippen molar-refractivity contribution in [1.82, 2.24) is 9.47 Å². The van der Waals surface area contributed by atoms with Crippen LogP contribution in [0.2, 0.25) is 0 Å². The first-order valence-electron chi connectivity index (χ1n) is 9.32. The highest BCUT2D eigenvalue weighted by Gasteiger charge is 2.33. The number of carbonyl (C=O) groups excluding carboxylic acids is 1. The van der Waals surface area contributed by atoms with Crippen LogP contribution in [0.25, 0.3) is 11.8 Å². The smallest absolute Gasteiger partial charge is 0.266 e. The molecule has 1 aromatic heterocycles. The van der Waals surface area contributed by atoms with Crippen LogP contribution in [0.3, 0.4) is 0 Å². The average molecular weight is 404 g/mol. The minimum absolute atomic E-state index is 0.0470. The summed E-state index contributed by atoms with van der Waals surface area (Å²) in [6, 6.07) is 21.8. The molecule has 3 aromatic rings. The number of amides is 1. The highest BCUT2D eigenvalue weighted by Crippen LogP contribution is 2.34. The van der Waals surface area contributed by atoms with Gasteiger partial charge < -0.3 is 9.30 Å². The van der Waals surface area contributed by atoms with Crippen molar-refractivity contribution in [1.29, 1.82) is 0 Å². The van der Waals surface area contributed by atoms with E-state index in [1.54, 1.807) is 12.0 Å². The van der Waals surface area contributed by atoms with Crippen LogP contribution in [0.5, 0.6) is 0 Å². The van der Waals surface area contributed by atoms with E-state index in [-0.39, 0.29) is 5.91 Å². The maximum Gasteiger partial charge on any atom is 0.266 e. The monoisotopic (exact) mass is 403 g/mol. The molecule has 1 aliphatic rings. The van der Waals surface area contributed by atoms with Gasteiger partial charge in [-0.15, -0.1) is 0 Å². The van der Waals surface area contributed by atoms with E-state index in [9.17, 15) is 4.79 Å². The van der Waals surface area contributed by atoms with Gasteiger partial charge in [0.25, 0.3) is 5.91 Å². The summed E-state index contributed by atoms with van der Waals surface area (Å²) < 4.78 is 7.22. The Bertz CT molecular complexity index is 1040. The average Bonchev–Trinajstić information content (AvgIpc) is 3.33. The summed E-state index contributed by atoms with van der Waals surface area (Å²) in [6.45, 7) is 0.925. The molecule has 0 atom stereocenters. The van der Waals surface area contributed by atoms with E-state index in [0.29, 0.717) is 23.2 Å². The summed E-state index contributed by atoms with van der Waals surface area (Å²) >= 11 is 1.39. The molecular weight excluding hydrogens is 382 g/mol. The normalized spacial score (nSPS) is 16.9. The van der Waals surface area contributed by atoms with Gasteiger partial charge in [-0.05, 0) is 53.7 Å². The lowest BCUT2D eigenvalue weighted by molar-refractivity contribution is -0.122. The van der Waals surface area contributed by atoms with Crippen LogP contribution in [-0.2, 0) is 9.53 Å². The Morgan fingerprint density at radius 2 is 1.76 bits per heavy atom. The molecule has 2 heterocycles. The lowest BCUT2D eigenvalue weighted by Crippen LogP contribution is -2.32. The van der Waals surface area contributed by atoms with Crippen LogP contribution >= 0.6 is 11.8 Å². The van der Waals surface area contributed by atoms with Crippen molar-refractivity contribution in [2.24, 2.45) is 4.99 Å². The number of carbonyl (C=O) groups is 1. The van der Waals surface area contributed by atoms with Gasteiger partial charge in [0.15, 0.2) is 5.17 Å². The van der Waals surface area contributed by atoms with Crippen LogP contribution in [0, 0.1) is 0 Å². The lowest BCUT2D eigenvalue weighted by atomic mass is 10.3. The Labute approximate surface area is 174 Å². The van der Waals surface area contributed by atoms with Crippen molar-refractivity contribution >= 4 is 34.6 Å². The van der Waals surface area contributed by atoms with Crippen molar-refractivity contribution in [3.63, 3.8) is 0 Å². The molecule has 1 aliphatic heterocycles. The van der Waals surface area contributed by atoms with E-state index >= 15 is 0 Å². The zero-order valence-electron chi connectivity index (χ0n) is 16.1. The molecule has 0 unspecified atom stereocenters. The van der Waals surface area contributed by atoms with Gasteiger partial charge in [-0.2, -0.15) is 0 Å². The fourth-order valence-corrected chi connectivity index (χ4v) is 4.02. The molecule has 2 aromatic carbocycles. The van der Waals surface area contributed by atoms with Crippen molar-refractivity contribution in [3.8, 4) is 5.69 Å². The molecule has 0 spiro atoms. The molecule has 29 heavy (non-hydrogen) atoms. The third kappa shape index (κ3) is 4.50. The summed E-state index contributed by atoms with van der Waals surface area (Å²) in [4.78, 5) is 20.0. The SMILES string of the molecule is COCCN1C(=O)/C(=C\c2ccn(-c3ccccc3)c2)SC1=Nc1ccccc1. The van der Waals surface area contributed by atoms with Crippen molar-refractivity contribution in [3.05, 3.63) is 89.6 Å². The van der Waals surface area contributed by atoms with Gasteiger partial charge in [0.1, 0.15) is 0 Å². The van der Waals surface area contributed by atoms with Gasteiger partial charge >= 0.3 is 0 Å². The second-order valence-corrected chi connectivity index (χ2v) is 7.49. The van der Waals surface area contributed by atoms with Gasteiger partial charge in [0.2, 0.25) is 0 Å². The first kappa shape index (κ1) is 19.2. The Hall–Kier alpha value is -3.09. The zero-order chi connectivity index (χ0) is 20.1. The second-order valence-electron chi connectivity index (χ2n) is 6.48. The van der Waals surface area contributed by atoms with Gasteiger partial charge in [-0.25, -0.2) is 4.99 Å². The number of aliphatic imine (C=N–C) groups is 1. The predicted molar refractivity (Wildman–Crippen MR) is 118 cm³/mol. The summed E-state index contributed by atoms with van der Waals surface area (Å²) in [6.07, 6.45) is 5.93. The molecule has 0 bridgehead atoms. The first-order valence-corrected chi connectivity index (χ1v) is 10.1. The molecule has 1 fully saturated rings. The zero-order valence-corrected chi connectivity index (χ0v) is 16.9. The third-order valence-corrected chi connectivity index (χ3v) is 5.46. The topological polar surface area (TPSA) is 46.8 Å². The van der Waals surface area contributed by atoms with Gasteiger partial charge in [0, 0.05) is 25.2 Å². The number of methoxy groups -OCH3 is 1. The number of hydrogen-bond acceptors (Lipinski definition) is 4. The number of para-hydroxylation sites is 2. The van der Waals surface area contributed by atoms with Crippen molar-refractivity contribution in [2.75, 3.05) is 20.3 Å². The van der Waals surface area contributed by atoms with Crippen LogP contribution in [-0.4, -0.2) is 40.8 Å². The molecular formula is C23H21N3O2S. The maximum atomic E-state index is 13.0. The Balaban J connectivity index is 1.61. The number of ether oxygens (including phenoxy) is 1. The first-order chi connectivity index (χ1) is 14.2. The summed E-state index contributed by atoms with van der Waals surface area (Å²) in [5.41, 5.74) is 2.87. The lowest BCUT2D eigenvalue weighted by Gasteiger charge is -2.14. The van der Waals surface area contributed by atoms with E-state index in [2.05, 4.69) is 4.99 Å². The third-order valence-electron chi connectivity index (χ3n) is 4.46. The highest BCUT2D eigenvalue weighted by molar-refractivity contribution is 8.18. The van der Waals surface area contributed by atoms with E-state index in [0.717, 1.165) is 16.9 Å². The number of hydrogen-bond donors (Lipinski definition) is 0. The predicted octanol–water partition coefficient (Wildman–Crippen LogP) is 4.73. The minimum Gasteiger partial charge on any atom is -0.383 e. The molecule has 1 amide bonds. The Morgan fingerprint density at radius 3 is 2.48 bits per heavy atom. The van der Waals surface area contributed by atoms with Crippen molar-refractivity contribution < 1.29 is 9.53 Å². The molecule has 6 heteroatoms. The van der Waals surface area contributed by atoms with Crippen LogP contribution in [0.1, 0.15) is 5.56 Å². The van der Waals surface area contributed by atoms with Gasteiger partial charge in [-0.3, -0.25) is 9.69 Å². The van der Waals surface area contributed by atoms with Crippen molar-refractivity contribution in [2.45, 2.75) is 0 Å². The summed E-state index contributed by atoms with van der Waals surface area (Å²) in [7, 11) is 1.63. The maximum absolute atomic E-state index is 13.0. The van der Waals surface area contributed by atoms with Gasteiger partial charge in [-0.1, -0.05) is 36.4 Å². The van der Waals surface area contributed by atoms with Crippen LogP contribution in [0.15, 0.2) is 89.0 Å². The van der Waals surface area contributed by atoms with Crippen LogP contribution < -0.4 is 0 Å². The number of amidine groups is 1. The summed E-state index contributed by atoms with van der Waals surface area (Å²) in [5, 5.41) is 0.673. The van der Waals surface area contributed by atoms with E-state index in [4.69, 9.17) is 4.74 Å². The quantitative estimate of drug-likeness (QED) is 0.559. The molecule has 5 nitrogen and oxygen atoms in total. The highest BCUT2D eigenvalue weighted by atomic mass is 32.2. The number of thioether (sulfide) groups is 1. The molecule has 0 radical (unpaired) electrons. The number of rotatable bonds is 6. The minimum atomic E-state index is -0.0470. The van der Waals surface area contributed by atoms with E-state index < -0.39 is 0 Å². The molecule has 0 saturated carbocycles. The molecule has 1 saturated heterocycles. The number of benzene rings is 2. The fourth-order valence-electron chi connectivity index (χ4n) is 2.99.